The van der Waals surface area contributed by atoms with Crippen LogP contribution >= 0.6 is 0 Å². The Labute approximate surface area is 94.0 Å². The van der Waals surface area contributed by atoms with Gasteiger partial charge < -0.3 is 10.6 Å². The van der Waals surface area contributed by atoms with Gasteiger partial charge in [-0.3, -0.25) is 0 Å². The number of piperidine rings is 1. The molecule has 16 heavy (non-hydrogen) atoms. The van der Waals surface area contributed by atoms with Gasteiger partial charge in [0.05, 0.1) is 0 Å². The van der Waals surface area contributed by atoms with Crippen molar-refractivity contribution in [2.45, 2.75) is 12.8 Å². The third-order valence-electron chi connectivity index (χ3n) is 2.99. The first-order chi connectivity index (χ1) is 7.77. The molecule has 0 radical (unpaired) electrons. The Hall–Kier alpha value is -1.16. The Balaban J connectivity index is 1.93. The van der Waals surface area contributed by atoms with Crippen molar-refractivity contribution in [1.82, 2.24) is 5.32 Å². The van der Waals surface area contributed by atoms with Crippen LogP contribution in [0.4, 0.5) is 14.5 Å². The Kier molecular flexibility index (Phi) is 3.72. The third kappa shape index (κ3) is 2.70. The smallest absolute Gasteiger partial charge is 0.149 e. The topological polar surface area (TPSA) is 24.1 Å². The molecule has 1 aromatic rings. The van der Waals surface area contributed by atoms with Crippen LogP contribution in [-0.2, 0) is 0 Å². The largest absolute Gasteiger partial charge is 0.380 e. The molecule has 1 fully saturated rings. The zero-order chi connectivity index (χ0) is 11.4. The van der Waals surface area contributed by atoms with Crippen molar-refractivity contribution in [3.63, 3.8) is 0 Å². The van der Waals surface area contributed by atoms with Crippen LogP contribution < -0.4 is 10.6 Å². The highest BCUT2D eigenvalue weighted by Gasteiger charge is 2.14. The van der Waals surface area contributed by atoms with Crippen LogP contribution in [0.1, 0.15) is 12.8 Å². The number of anilines is 1. The van der Waals surface area contributed by atoms with Crippen molar-refractivity contribution < 1.29 is 8.78 Å². The van der Waals surface area contributed by atoms with Gasteiger partial charge >= 0.3 is 0 Å². The molecular weight excluding hydrogens is 210 g/mol. The van der Waals surface area contributed by atoms with Gasteiger partial charge in [-0.05, 0) is 44.0 Å². The summed E-state index contributed by atoms with van der Waals surface area (Å²) in [6.45, 7) is 2.62. The Morgan fingerprint density at radius 1 is 1.19 bits per heavy atom. The molecule has 1 heterocycles. The molecule has 1 aliphatic rings. The van der Waals surface area contributed by atoms with E-state index in [-0.39, 0.29) is 5.69 Å². The Bertz CT molecular complexity index is 329. The van der Waals surface area contributed by atoms with E-state index in [4.69, 9.17) is 0 Å². The molecule has 0 spiro atoms. The lowest BCUT2D eigenvalue weighted by Gasteiger charge is -2.23. The molecule has 2 nitrogen and oxygen atoms in total. The van der Waals surface area contributed by atoms with Crippen molar-refractivity contribution >= 4 is 5.69 Å². The summed E-state index contributed by atoms with van der Waals surface area (Å²) >= 11 is 0. The standard InChI is InChI=1S/C12H16F2N2/c13-10-2-1-3-11(14)12(10)16-8-9-4-6-15-7-5-9/h1-3,9,15-16H,4-8H2. The minimum atomic E-state index is -0.520. The van der Waals surface area contributed by atoms with Crippen molar-refractivity contribution in [3.05, 3.63) is 29.8 Å². The maximum Gasteiger partial charge on any atom is 0.149 e. The fraction of sp³-hybridized carbons (Fsp3) is 0.500. The second-order valence-electron chi connectivity index (χ2n) is 4.17. The molecular formula is C12H16F2N2. The van der Waals surface area contributed by atoms with E-state index in [0.29, 0.717) is 12.5 Å². The molecule has 2 rings (SSSR count). The zero-order valence-corrected chi connectivity index (χ0v) is 9.10. The minimum absolute atomic E-state index is 0.000956. The molecule has 0 bridgehead atoms. The molecule has 1 aliphatic heterocycles. The number of hydrogen-bond donors (Lipinski definition) is 2. The number of hydrogen-bond acceptors (Lipinski definition) is 2. The van der Waals surface area contributed by atoms with Gasteiger partial charge in [0.15, 0.2) is 0 Å². The van der Waals surface area contributed by atoms with Crippen LogP contribution in [0.2, 0.25) is 0 Å². The number of benzene rings is 1. The van der Waals surface area contributed by atoms with E-state index < -0.39 is 11.6 Å². The highest BCUT2D eigenvalue weighted by atomic mass is 19.1. The maximum atomic E-state index is 13.3. The van der Waals surface area contributed by atoms with E-state index in [2.05, 4.69) is 10.6 Å². The van der Waals surface area contributed by atoms with E-state index in [1.165, 1.54) is 18.2 Å². The van der Waals surface area contributed by atoms with E-state index >= 15 is 0 Å². The van der Waals surface area contributed by atoms with E-state index in [9.17, 15) is 8.78 Å². The average Bonchev–Trinajstić information content (AvgIpc) is 2.30. The summed E-state index contributed by atoms with van der Waals surface area (Å²) in [6, 6.07) is 3.92. The first-order valence-electron chi connectivity index (χ1n) is 5.66. The average molecular weight is 226 g/mol. The fourth-order valence-electron chi connectivity index (χ4n) is 2.00. The van der Waals surface area contributed by atoms with Crippen molar-refractivity contribution in [2.24, 2.45) is 5.92 Å². The second-order valence-corrected chi connectivity index (χ2v) is 4.17. The highest BCUT2D eigenvalue weighted by molar-refractivity contribution is 5.45. The van der Waals surface area contributed by atoms with Gasteiger partial charge in [0, 0.05) is 6.54 Å². The molecule has 0 aromatic heterocycles. The van der Waals surface area contributed by atoms with E-state index in [1.807, 2.05) is 0 Å². The summed E-state index contributed by atoms with van der Waals surface area (Å²) in [5.41, 5.74) is 0.000956. The summed E-state index contributed by atoms with van der Waals surface area (Å²) < 4.78 is 26.6. The monoisotopic (exact) mass is 226 g/mol. The molecule has 0 amide bonds. The van der Waals surface area contributed by atoms with E-state index in [0.717, 1.165) is 25.9 Å². The Morgan fingerprint density at radius 2 is 1.81 bits per heavy atom. The highest BCUT2D eigenvalue weighted by Crippen LogP contribution is 2.20. The van der Waals surface area contributed by atoms with Crippen molar-refractivity contribution in [3.8, 4) is 0 Å². The molecule has 0 saturated carbocycles. The zero-order valence-electron chi connectivity index (χ0n) is 9.10. The summed E-state index contributed by atoms with van der Waals surface area (Å²) in [5, 5.41) is 6.13. The predicted octanol–water partition coefficient (Wildman–Crippen LogP) is 2.38. The van der Waals surface area contributed by atoms with Crippen LogP contribution in [-0.4, -0.2) is 19.6 Å². The first-order valence-corrected chi connectivity index (χ1v) is 5.66. The first kappa shape index (κ1) is 11.3. The fourth-order valence-corrected chi connectivity index (χ4v) is 2.00. The van der Waals surface area contributed by atoms with Gasteiger partial charge in [-0.25, -0.2) is 8.78 Å². The van der Waals surface area contributed by atoms with Gasteiger partial charge in [-0.1, -0.05) is 6.07 Å². The van der Waals surface area contributed by atoms with Crippen LogP contribution in [0, 0.1) is 17.6 Å². The summed E-state index contributed by atoms with van der Waals surface area (Å²) in [6.07, 6.45) is 2.12. The SMILES string of the molecule is Fc1cccc(F)c1NCC1CCNCC1. The lowest BCUT2D eigenvalue weighted by atomic mass is 9.98. The van der Waals surface area contributed by atoms with Gasteiger partial charge in [0.2, 0.25) is 0 Å². The molecule has 1 saturated heterocycles. The molecule has 2 N–H and O–H groups in total. The summed E-state index contributed by atoms with van der Waals surface area (Å²) in [7, 11) is 0. The molecule has 0 unspecified atom stereocenters. The molecule has 1 aromatic carbocycles. The maximum absolute atomic E-state index is 13.3. The van der Waals surface area contributed by atoms with Crippen LogP contribution in [0.25, 0.3) is 0 Å². The molecule has 88 valence electrons. The number of nitrogens with one attached hydrogen (secondary N) is 2. The molecule has 4 heteroatoms. The minimum Gasteiger partial charge on any atom is -0.380 e. The van der Waals surface area contributed by atoms with Crippen LogP contribution in [0.15, 0.2) is 18.2 Å². The van der Waals surface area contributed by atoms with Crippen molar-refractivity contribution in [2.75, 3.05) is 25.0 Å². The summed E-state index contributed by atoms with van der Waals surface area (Å²) in [5.74, 6) is -0.539. The summed E-state index contributed by atoms with van der Waals surface area (Å²) in [4.78, 5) is 0. The number of para-hydroxylation sites is 1. The van der Waals surface area contributed by atoms with Gasteiger partial charge in [-0.15, -0.1) is 0 Å². The molecule has 0 atom stereocenters. The number of halogens is 2. The van der Waals surface area contributed by atoms with Gasteiger partial charge in [0.25, 0.3) is 0 Å². The molecule has 0 aliphatic carbocycles. The van der Waals surface area contributed by atoms with Gasteiger partial charge in [0.1, 0.15) is 17.3 Å². The van der Waals surface area contributed by atoms with Crippen molar-refractivity contribution in [1.29, 1.82) is 0 Å². The lowest BCUT2D eigenvalue weighted by molar-refractivity contribution is 0.389. The second kappa shape index (κ2) is 5.25. The third-order valence-corrected chi connectivity index (χ3v) is 2.99. The van der Waals surface area contributed by atoms with E-state index in [1.54, 1.807) is 0 Å². The predicted molar refractivity (Wildman–Crippen MR) is 60.4 cm³/mol. The van der Waals surface area contributed by atoms with Crippen LogP contribution in [0.5, 0.6) is 0 Å². The van der Waals surface area contributed by atoms with Crippen LogP contribution in [0.3, 0.4) is 0 Å². The lowest BCUT2D eigenvalue weighted by Crippen LogP contribution is -2.31. The van der Waals surface area contributed by atoms with Gasteiger partial charge in [-0.2, -0.15) is 0 Å². The Morgan fingerprint density at radius 3 is 2.44 bits per heavy atom. The normalized spacial score (nSPS) is 17.4. The number of rotatable bonds is 3. The quantitative estimate of drug-likeness (QED) is 0.826.